The van der Waals surface area contributed by atoms with Gasteiger partial charge in [0.1, 0.15) is 5.70 Å². The summed E-state index contributed by atoms with van der Waals surface area (Å²) in [7, 11) is 0. The molecular weight excluding hydrogens is 438 g/mol. The van der Waals surface area contributed by atoms with Gasteiger partial charge >= 0.3 is 5.97 Å². The number of hydrogen-bond acceptors (Lipinski definition) is 6. The number of halogens is 1. The van der Waals surface area contributed by atoms with Crippen LogP contribution in [0.2, 0.25) is 0 Å². The summed E-state index contributed by atoms with van der Waals surface area (Å²) in [5, 5.41) is 23.5. The van der Waals surface area contributed by atoms with Crippen LogP contribution in [0.15, 0.2) is 34.9 Å². The molecule has 0 aliphatic carbocycles. The topological polar surface area (TPSA) is 116 Å². The van der Waals surface area contributed by atoms with E-state index in [2.05, 4.69) is 29.6 Å². The van der Waals surface area contributed by atoms with Crippen LogP contribution in [0.25, 0.3) is 0 Å². The molecule has 3 aliphatic rings. The molecule has 2 saturated heterocycles. The Balaban J connectivity index is 0.00000272. The molecule has 1 aromatic rings. The number of aliphatic carboxylic acids is 1. The third-order valence-corrected chi connectivity index (χ3v) is 8.02. The molecule has 3 aliphatic heterocycles. The monoisotopic (exact) mass is 467 g/mol. The molecule has 5 N–H and O–H groups in total. The predicted octanol–water partition coefficient (Wildman–Crippen LogP) is 1.90. The number of aliphatic hydroxyl groups is 1. The van der Waals surface area contributed by atoms with E-state index in [0.717, 1.165) is 24.3 Å². The molecule has 0 spiro atoms. The maximum Gasteiger partial charge on any atom is 0.353 e. The summed E-state index contributed by atoms with van der Waals surface area (Å²) in [5.74, 6) is -1.96. The lowest BCUT2D eigenvalue weighted by Gasteiger charge is -2.46. The molecule has 2 fully saturated rings. The number of β-lactam (4-membered cyclic amide) rings is 1. The molecule has 0 bridgehead atoms. The van der Waals surface area contributed by atoms with Crippen LogP contribution in [0.1, 0.15) is 37.4 Å². The second kappa shape index (κ2) is 9.50. The van der Waals surface area contributed by atoms with Crippen molar-refractivity contribution < 1.29 is 19.8 Å². The van der Waals surface area contributed by atoms with E-state index >= 15 is 0 Å². The van der Waals surface area contributed by atoms with Crippen molar-refractivity contribution in [1.82, 2.24) is 10.2 Å². The van der Waals surface area contributed by atoms with Gasteiger partial charge in [-0.3, -0.25) is 4.79 Å². The molecule has 1 aromatic carbocycles. The Labute approximate surface area is 192 Å². The number of carbonyl (C=O) groups excluding carboxylic acids is 1. The minimum Gasteiger partial charge on any atom is -0.477 e. The third-order valence-electron chi connectivity index (χ3n) is 6.51. The maximum atomic E-state index is 12.5. The van der Waals surface area contributed by atoms with E-state index in [9.17, 15) is 19.8 Å². The number of carboxylic acid groups (broad SMARTS) is 1. The fraction of sp³-hybridized carbons (Fsp3) is 0.545. The number of rotatable bonds is 7. The van der Waals surface area contributed by atoms with Crippen LogP contribution in [0, 0.1) is 11.8 Å². The van der Waals surface area contributed by atoms with E-state index < -0.39 is 18.0 Å². The van der Waals surface area contributed by atoms with Crippen molar-refractivity contribution in [2.75, 3.05) is 13.1 Å². The minimum absolute atomic E-state index is 0. The summed E-state index contributed by atoms with van der Waals surface area (Å²) in [5.41, 5.74) is 8.17. The van der Waals surface area contributed by atoms with E-state index in [1.165, 1.54) is 16.0 Å². The number of thioether (sulfide) groups is 1. The number of nitrogens with zero attached hydrogens (tertiary/aromatic N) is 1. The van der Waals surface area contributed by atoms with Gasteiger partial charge in [-0.1, -0.05) is 31.2 Å². The molecule has 3 heterocycles. The minimum atomic E-state index is -1.07. The Morgan fingerprint density at radius 3 is 2.61 bits per heavy atom. The number of nitrogens with two attached hydrogens (primary N) is 1. The molecular formula is C22H30ClN3O4S. The van der Waals surface area contributed by atoms with Crippen molar-refractivity contribution in [3.8, 4) is 0 Å². The van der Waals surface area contributed by atoms with Crippen molar-refractivity contribution in [2.45, 2.75) is 50.1 Å². The molecule has 0 aromatic heterocycles. The number of fused-ring (bicyclic) bond motifs is 1. The number of benzene rings is 1. The molecule has 1 amide bonds. The number of aliphatic hydroxyl groups excluding tert-OH is 1. The van der Waals surface area contributed by atoms with E-state index in [1.807, 2.05) is 6.92 Å². The molecule has 31 heavy (non-hydrogen) atoms. The largest absolute Gasteiger partial charge is 0.477 e. The lowest BCUT2D eigenvalue weighted by atomic mass is 9.79. The van der Waals surface area contributed by atoms with E-state index in [1.54, 1.807) is 18.7 Å². The van der Waals surface area contributed by atoms with E-state index in [0.29, 0.717) is 6.54 Å². The Morgan fingerprint density at radius 1 is 1.35 bits per heavy atom. The normalized spacial score (nSPS) is 30.6. The Bertz CT molecular complexity index is 876. The third kappa shape index (κ3) is 4.24. The van der Waals surface area contributed by atoms with Crippen LogP contribution in [0.5, 0.6) is 0 Å². The van der Waals surface area contributed by atoms with Crippen LogP contribution < -0.4 is 11.1 Å². The zero-order valence-electron chi connectivity index (χ0n) is 17.7. The maximum absolute atomic E-state index is 12.5. The zero-order valence-corrected chi connectivity index (χ0v) is 19.3. The Hall–Kier alpha value is -1.58. The summed E-state index contributed by atoms with van der Waals surface area (Å²) in [6, 6.07) is 8.46. The second-order valence-electron chi connectivity index (χ2n) is 8.49. The van der Waals surface area contributed by atoms with Gasteiger partial charge in [0.2, 0.25) is 5.91 Å². The summed E-state index contributed by atoms with van der Waals surface area (Å²) in [6.07, 6.45) is 0.980. The number of carbonyl (C=O) groups is 2. The molecule has 2 unspecified atom stereocenters. The fourth-order valence-corrected chi connectivity index (χ4v) is 6.47. The highest BCUT2D eigenvalue weighted by molar-refractivity contribution is 8.03. The number of amides is 1. The van der Waals surface area contributed by atoms with Gasteiger partial charge in [-0.15, -0.1) is 24.2 Å². The van der Waals surface area contributed by atoms with E-state index in [-0.39, 0.29) is 47.3 Å². The highest BCUT2D eigenvalue weighted by Crippen LogP contribution is 2.52. The summed E-state index contributed by atoms with van der Waals surface area (Å²) in [4.78, 5) is 26.6. The van der Waals surface area contributed by atoms with Crippen LogP contribution >= 0.6 is 24.2 Å². The van der Waals surface area contributed by atoms with Crippen molar-refractivity contribution in [3.05, 3.63) is 46.0 Å². The second-order valence-corrected chi connectivity index (χ2v) is 9.83. The van der Waals surface area contributed by atoms with Gasteiger partial charge in [-0.2, -0.15) is 0 Å². The van der Waals surface area contributed by atoms with Crippen molar-refractivity contribution >= 4 is 36.0 Å². The molecule has 4 rings (SSSR count). The van der Waals surface area contributed by atoms with Gasteiger partial charge in [0, 0.05) is 28.7 Å². The standard InChI is InChI=1S/C22H29N3O4S.ClH/c1-11-18-17(12(2)26)21(27)25(18)19(22(28)29)20(11)30-15-9-16(24-10-15)14-5-3-13(4-6-14)7-8-23;/h3-6,11-12,15-18,24,26H,7-10,23H2,1-2H3,(H,28,29);1H/t11-,12?,15+,16?,17-,18+;/m1./s1. The molecule has 7 nitrogen and oxygen atoms in total. The predicted molar refractivity (Wildman–Crippen MR) is 123 cm³/mol. The molecule has 6 atom stereocenters. The lowest BCUT2D eigenvalue weighted by Crippen LogP contribution is -2.63. The summed E-state index contributed by atoms with van der Waals surface area (Å²) >= 11 is 1.58. The van der Waals surface area contributed by atoms with Crippen LogP contribution in [0.3, 0.4) is 0 Å². The van der Waals surface area contributed by atoms with Crippen LogP contribution in [-0.2, 0) is 16.0 Å². The first kappa shape index (κ1) is 24.1. The van der Waals surface area contributed by atoms with Gasteiger partial charge in [-0.25, -0.2) is 4.79 Å². The summed E-state index contributed by atoms with van der Waals surface area (Å²) < 4.78 is 0. The molecule has 9 heteroatoms. The Morgan fingerprint density at radius 2 is 2.03 bits per heavy atom. The molecule has 0 radical (unpaired) electrons. The molecule has 170 valence electrons. The van der Waals surface area contributed by atoms with E-state index in [4.69, 9.17) is 5.73 Å². The number of nitrogens with one attached hydrogen (secondary N) is 1. The fourth-order valence-electron chi connectivity index (χ4n) is 4.99. The average Bonchev–Trinajstić information content (AvgIpc) is 3.25. The van der Waals surface area contributed by atoms with Gasteiger partial charge < -0.3 is 26.2 Å². The van der Waals surface area contributed by atoms with Crippen molar-refractivity contribution in [2.24, 2.45) is 17.6 Å². The first-order valence-corrected chi connectivity index (χ1v) is 11.4. The lowest BCUT2D eigenvalue weighted by molar-refractivity contribution is -0.163. The van der Waals surface area contributed by atoms with Gasteiger partial charge in [0.25, 0.3) is 0 Å². The SMILES string of the molecule is CC(O)[C@H]1C(=O)N2C(C(=O)O)=C(S[C@@H]3CNC(c4ccc(CCN)cc4)C3)[C@H](C)[C@@H]12.Cl. The highest BCUT2D eigenvalue weighted by atomic mass is 35.5. The van der Waals surface area contributed by atoms with Crippen molar-refractivity contribution in [3.63, 3.8) is 0 Å². The quantitative estimate of drug-likeness (QED) is 0.452. The smallest absolute Gasteiger partial charge is 0.353 e. The molecule has 0 saturated carbocycles. The summed E-state index contributed by atoms with van der Waals surface area (Å²) in [6.45, 7) is 4.98. The first-order chi connectivity index (χ1) is 14.3. The van der Waals surface area contributed by atoms with Crippen LogP contribution in [0.4, 0.5) is 0 Å². The number of hydrogen-bond donors (Lipinski definition) is 4. The van der Waals surface area contributed by atoms with Gasteiger partial charge in [0.05, 0.1) is 18.1 Å². The first-order valence-electron chi connectivity index (χ1n) is 10.5. The highest BCUT2D eigenvalue weighted by Gasteiger charge is 2.60. The van der Waals surface area contributed by atoms with Crippen LogP contribution in [-0.4, -0.2) is 57.5 Å². The van der Waals surface area contributed by atoms with Crippen molar-refractivity contribution in [1.29, 1.82) is 0 Å². The average molecular weight is 468 g/mol. The number of carboxylic acids is 1. The van der Waals surface area contributed by atoms with Gasteiger partial charge in [-0.05, 0) is 37.4 Å². The Kier molecular flexibility index (Phi) is 7.38. The zero-order chi connectivity index (χ0) is 21.6. The van der Waals surface area contributed by atoms with Gasteiger partial charge in [0.15, 0.2) is 0 Å².